The van der Waals surface area contributed by atoms with Crippen LogP contribution in [0.25, 0.3) is 0 Å². The molecule has 0 atom stereocenters. The number of alkyl carbamates (subject to hydrolysis) is 1. The average molecular weight is 320 g/mol. The molecule has 1 aromatic rings. The Kier molecular flexibility index (Phi) is 6.39. The minimum absolute atomic E-state index is 0.124. The molecule has 23 heavy (non-hydrogen) atoms. The maximum atomic E-state index is 11.5. The van der Waals surface area contributed by atoms with Gasteiger partial charge in [0.05, 0.1) is 24.8 Å². The van der Waals surface area contributed by atoms with Crippen molar-refractivity contribution in [2.75, 3.05) is 20.3 Å². The molecule has 0 unspecified atom stereocenters. The third-order valence-electron chi connectivity index (χ3n) is 2.55. The zero-order valence-corrected chi connectivity index (χ0v) is 13.6. The van der Waals surface area contributed by atoms with Crippen molar-refractivity contribution in [3.8, 4) is 11.8 Å². The molecule has 0 aliphatic carbocycles. The molecule has 0 saturated heterocycles. The lowest BCUT2D eigenvalue weighted by Gasteiger charge is -2.19. The normalized spacial score (nSPS) is 10.4. The van der Waals surface area contributed by atoms with Gasteiger partial charge < -0.3 is 19.5 Å². The highest BCUT2D eigenvalue weighted by atomic mass is 16.6. The third-order valence-corrected chi connectivity index (χ3v) is 2.55. The van der Waals surface area contributed by atoms with Gasteiger partial charge in [-0.25, -0.2) is 9.59 Å². The number of amides is 1. The number of ether oxygens (including phenoxy) is 3. The number of nitrogens with one attached hydrogen (secondary N) is 1. The highest BCUT2D eigenvalue weighted by molar-refractivity contribution is 5.90. The summed E-state index contributed by atoms with van der Waals surface area (Å²) in [7, 11) is 1.27. The van der Waals surface area contributed by atoms with E-state index in [1.54, 1.807) is 20.8 Å². The van der Waals surface area contributed by atoms with Crippen molar-refractivity contribution in [2.24, 2.45) is 0 Å². The summed E-state index contributed by atoms with van der Waals surface area (Å²) in [6.07, 6.45) is -0.551. The summed E-state index contributed by atoms with van der Waals surface area (Å²) in [5.74, 6) is -0.271. The molecule has 0 aromatic heterocycles. The number of nitriles is 1. The monoisotopic (exact) mass is 320 g/mol. The van der Waals surface area contributed by atoms with Gasteiger partial charge in [0.15, 0.2) is 0 Å². The molecule has 0 saturated carbocycles. The number of carbonyl (C=O) groups excluding carboxylic acids is 2. The van der Waals surface area contributed by atoms with Crippen LogP contribution in [0.2, 0.25) is 0 Å². The summed E-state index contributed by atoms with van der Waals surface area (Å²) in [5.41, 5.74) is -0.00941. The molecule has 7 heteroatoms. The van der Waals surface area contributed by atoms with Gasteiger partial charge in [0, 0.05) is 0 Å². The Bertz CT molecular complexity index is 614. The molecule has 0 radical (unpaired) electrons. The molecule has 0 fully saturated rings. The number of hydrogen-bond donors (Lipinski definition) is 1. The number of nitrogens with zero attached hydrogens (tertiary/aromatic N) is 1. The predicted octanol–water partition coefficient (Wildman–Crippen LogP) is 2.25. The van der Waals surface area contributed by atoms with E-state index in [1.165, 1.54) is 25.3 Å². The van der Waals surface area contributed by atoms with E-state index < -0.39 is 17.7 Å². The van der Waals surface area contributed by atoms with E-state index in [1.807, 2.05) is 6.07 Å². The first-order valence-corrected chi connectivity index (χ1v) is 6.99. The summed E-state index contributed by atoms with van der Waals surface area (Å²) in [6, 6.07) is 6.36. The van der Waals surface area contributed by atoms with Crippen molar-refractivity contribution < 1.29 is 23.8 Å². The number of methoxy groups -OCH3 is 1. The largest absolute Gasteiger partial charge is 0.490 e. The van der Waals surface area contributed by atoms with Crippen molar-refractivity contribution >= 4 is 12.1 Å². The molecule has 0 heterocycles. The number of esters is 1. The summed E-state index contributed by atoms with van der Waals surface area (Å²) in [5, 5.41) is 11.6. The summed E-state index contributed by atoms with van der Waals surface area (Å²) >= 11 is 0. The van der Waals surface area contributed by atoms with E-state index in [0.717, 1.165) is 0 Å². The molecule has 0 spiro atoms. The first-order chi connectivity index (χ1) is 10.8. The minimum Gasteiger partial charge on any atom is -0.490 e. The molecule has 124 valence electrons. The van der Waals surface area contributed by atoms with Gasteiger partial charge in [-0.1, -0.05) is 0 Å². The summed E-state index contributed by atoms with van der Waals surface area (Å²) in [6.45, 7) is 5.61. The molecule has 0 bridgehead atoms. The van der Waals surface area contributed by atoms with E-state index in [0.29, 0.717) is 0 Å². The first-order valence-electron chi connectivity index (χ1n) is 6.99. The number of benzene rings is 1. The fourth-order valence-electron chi connectivity index (χ4n) is 1.61. The molecular weight excluding hydrogens is 300 g/mol. The van der Waals surface area contributed by atoms with Gasteiger partial charge in [0.2, 0.25) is 0 Å². The molecule has 1 aromatic carbocycles. The molecule has 0 aliphatic heterocycles. The number of rotatable bonds is 5. The lowest BCUT2D eigenvalue weighted by molar-refractivity contribution is 0.0519. The van der Waals surface area contributed by atoms with Crippen LogP contribution in [0.5, 0.6) is 5.75 Å². The van der Waals surface area contributed by atoms with Crippen LogP contribution in [0.4, 0.5) is 4.79 Å². The van der Waals surface area contributed by atoms with Crippen molar-refractivity contribution in [1.29, 1.82) is 5.26 Å². The number of hydrogen-bond acceptors (Lipinski definition) is 6. The van der Waals surface area contributed by atoms with Gasteiger partial charge in [0.1, 0.15) is 24.0 Å². The first kappa shape index (κ1) is 18.3. The Balaban J connectivity index is 2.59. The number of carbonyl (C=O) groups is 2. The minimum atomic E-state index is -0.576. The quantitative estimate of drug-likeness (QED) is 0.660. The van der Waals surface area contributed by atoms with Crippen LogP contribution in [-0.2, 0) is 9.47 Å². The zero-order chi connectivity index (χ0) is 17.5. The molecule has 1 amide bonds. The fraction of sp³-hybridized carbons (Fsp3) is 0.438. The van der Waals surface area contributed by atoms with E-state index in [2.05, 4.69) is 10.1 Å². The maximum Gasteiger partial charge on any atom is 0.407 e. The highest BCUT2D eigenvalue weighted by Gasteiger charge is 2.15. The van der Waals surface area contributed by atoms with E-state index in [-0.39, 0.29) is 30.0 Å². The molecule has 0 aliphatic rings. The second-order valence-electron chi connectivity index (χ2n) is 5.59. The predicted molar refractivity (Wildman–Crippen MR) is 82.2 cm³/mol. The van der Waals surface area contributed by atoms with Crippen molar-refractivity contribution in [3.63, 3.8) is 0 Å². The third kappa shape index (κ3) is 6.26. The second-order valence-corrected chi connectivity index (χ2v) is 5.59. The van der Waals surface area contributed by atoms with Gasteiger partial charge in [-0.3, -0.25) is 0 Å². The van der Waals surface area contributed by atoms with Crippen molar-refractivity contribution in [3.05, 3.63) is 29.3 Å². The molecule has 7 nitrogen and oxygen atoms in total. The Hall–Kier alpha value is -2.75. The van der Waals surface area contributed by atoms with E-state index >= 15 is 0 Å². The van der Waals surface area contributed by atoms with Gasteiger partial charge in [-0.05, 0) is 39.0 Å². The average Bonchev–Trinajstić information content (AvgIpc) is 2.48. The van der Waals surface area contributed by atoms with Crippen LogP contribution >= 0.6 is 0 Å². The maximum absolute atomic E-state index is 11.5. The van der Waals surface area contributed by atoms with Crippen molar-refractivity contribution in [1.82, 2.24) is 5.32 Å². The lowest BCUT2D eigenvalue weighted by atomic mass is 10.1. The second kappa shape index (κ2) is 8.03. The van der Waals surface area contributed by atoms with Crippen LogP contribution < -0.4 is 10.1 Å². The highest BCUT2D eigenvalue weighted by Crippen LogP contribution is 2.20. The van der Waals surface area contributed by atoms with Gasteiger partial charge in [-0.15, -0.1) is 0 Å². The van der Waals surface area contributed by atoms with Gasteiger partial charge in [-0.2, -0.15) is 5.26 Å². The Morgan fingerprint density at radius 3 is 2.57 bits per heavy atom. The van der Waals surface area contributed by atoms with Crippen LogP contribution in [0.15, 0.2) is 18.2 Å². The Labute approximate surface area is 135 Å². The Morgan fingerprint density at radius 2 is 2.00 bits per heavy atom. The molecule has 1 N–H and O–H groups in total. The van der Waals surface area contributed by atoms with Crippen LogP contribution in [-0.4, -0.2) is 37.9 Å². The van der Waals surface area contributed by atoms with Crippen LogP contribution in [0.3, 0.4) is 0 Å². The fourth-order valence-corrected chi connectivity index (χ4v) is 1.61. The van der Waals surface area contributed by atoms with Gasteiger partial charge >= 0.3 is 12.1 Å². The zero-order valence-electron chi connectivity index (χ0n) is 13.6. The van der Waals surface area contributed by atoms with Crippen LogP contribution in [0, 0.1) is 11.3 Å². The SMILES string of the molecule is COC(=O)c1ccc(C#N)c(OCCNC(=O)OC(C)(C)C)c1. The standard InChI is InChI=1S/C16H20N2O5/c1-16(2,3)23-15(20)18-7-8-22-13-9-11(14(19)21-4)5-6-12(13)10-17/h5-6,9H,7-8H2,1-4H3,(H,18,20). The lowest BCUT2D eigenvalue weighted by Crippen LogP contribution is -2.34. The molecular formula is C16H20N2O5. The van der Waals surface area contributed by atoms with E-state index in [9.17, 15) is 9.59 Å². The van der Waals surface area contributed by atoms with Crippen LogP contribution in [0.1, 0.15) is 36.7 Å². The van der Waals surface area contributed by atoms with E-state index in [4.69, 9.17) is 14.7 Å². The summed E-state index contributed by atoms with van der Waals surface area (Å²) < 4.78 is 15.1. The molecule has 1 rings (SSSR count). The smallest absolute Gasteiger partial charge is 0.407 e. The van der Waals surface area contributed by atoms with Crippen molar-refractivity contribution in [2.45, 2.75) is 26.4 Å². The Morgan fingerprint density at radius 1 is 1.30 bits per heavy atom. The summed E-state index contributed by atoms with van der Waals surface area (Å²) in [4.78, 5) is 23.0. The van der Waals surface area contributed by atoms with Gasteiger partial charge in [0.25, 0.3) is 0 Å². The topological polar surface area (TPSA) is 97.7 Å².